The van der Waals surface area contributed by atoms with Gasteiger partial charge in [-0.2, -0.15) is 0 Å². The summed E-state index contributed by atoms with van der Waals surface area (Å²) >= 11 is 1.23. The third-order valence-electron chi connectivity index (χ3n) is 3.69. The van der Waals surface area contributed by atoms with Crippen molar-refractivity contribution in [3.8, 4) is 5.75 Å². The minimum Gasteiger partial charge on any atom is -0.497 e. The molecule has 140 valence electrons. The van der Waals surface area contributed by atoms with E-state index >= 15 is 0 Å². The van der Waals surface area contributed by atoms with E-state index in [1.807, 2.05) is 42.7 Å². The Bertz CT molecular complexity index is 760. The van der Waals surface area contributed by atoms with Crippen LogP contribution in [0.1, 0.15) is 31.3 Å². The average molecular weight is 377 g/mol. The summed E-state index contributed by atoms with van der Waals surface area (Å²) in [5.41, 5.74) is 6.07. The number of nitrogens with zero attached hydrogens (tertiary/aromatic N) is 3. The van der Waals surface area contributed by atoms with E-state index in [1.54, 1.807) is 7.11 Å². The van der Waals surface area contributed by atoms with E-state index in [4.69, 9.17) is 10.5 Å². The van der Waals surface area contributed by atoms with E-state index in [-0.39, 0.29) is 24.1 Å². The molecule has 0 saturated heterocycles. The molecule has 1 atom stereocenters. The molecule has 8 nitrogen and oxygen atoms in total. The van der Waals surface area contributed by atoms with E-state index in [9.17, 15) is 9.59 Å². The summed E-state index contributed by atoms with van der Waals surface area (Å²) in [6.07, 6.45) is 0.262. The van der Waals surface area contributed by atoms with Crippen LogP contribution < -0.4 is 15.8 Å². The SMILES string of the molecule is CCn1c(SCC(N)=O)nnc1C(C)NC(=O)Cc1ccc(OC)cc1. The maximum Gasteiger partial charge on any atom is 0.227 e. The van der Waals surface area contributed by atoms with Crippen molar-refractivity contribution in [1.82, 2.24) is 20.1 Å². The van der Waals surface area contributed by atoms with Crippen molar-refractivity contribution in [3.05, 3.63) is 35.7 Å². The van der Waals surface area contributed by atoms with Crippen LogP contribution in [0.15, 0.2) is 29.4 Å². The fourth-order valence-electron chi connectivity index (χ4n) is 2.45. The average Bonchev–Trinajstić information content (AvgIpc) is 3.03. The molecule has 26 heavy (non-hydrogen) atoms. The molecule has 0 bridgehead atoms. The molecule has 2 amide bonds. The van der Waals surface area contributed by atoms with E-state index in [1.165, 1.54) is 11.8 Å². The Morgan fingerprint density at radius 3 is 2.58 bits per heavy atom. The Balaban J connectivity index is 2.00. The highest BCUT2D eigenvalue weighted by molar-refractivity contribution is 7.99. The van der Waals surface area contributed by atoms with Crippen LogP contribution in [0.3, 0.4) is 0 Å². The van der Waals surface area contributed by atoms with Gasteiger partial charge in [0.1, 0.15) is 5.75 Å². The number of thioether (sulfide) groups is 1. The molecule has 1 aromatic heterocycles. The number of methoxy groups -OCH3 is 1. The normalized spacial score (nSPS) is 11.8. The molecule has 0 aliphatic rings. The van der Waals surface area contributed by atoms with Gasteiger partial charge in [-0.25, -0.2) is 0 Å². The highest BCUT2D eigenvalue weighted by Gasteiger charge is 2.19. The van der Waals surface area contributed by atoms with Crippen molar-refractivity contribution in [2.45, 2.75) is 38.0 Å². The molecule has 3 N–H and O–H groups in total. The molecule has 1 heterocycles. The van der Waals surface area contributed by atoms with Crippen LogP contribution in [0.4, 0.5) is 0 Å². The molecule has 2 aromatic rings. The number of nitrogens with two attached hydrogens (primary N) is 1. The minimum absolute atomic E-state index is 0.111. The first kappa shape index (κ1) is 19.8. The number of carbonyl (C=O) groups excluding carboxylic acids is 2. The van der Waals surface area contributed by atoms with Crippen molar-refractivity contribution in [2.75, 3.05) is 12.9 Å². The van der Waals surface area contributed by atoms with Gasteiger partial charge in [0.2, 0.25) is 11.8 Å². The van der Waals surface area contributed by atoms with Gasteiger partial charge in [0, 0.05) is 6.54 Å². The molecule has 2 rings (SSSR count). The molecular formula is C17H23N5O3S. The first-order valence-corrected chi connectivity index (χ1v) is 9.19. The van der Waals surface area contributed by atoms with Gasteiger partial charge in [0.15, 0.2) is 11.0 Å². The van der Waals surface area contributed by atoms with Gasteiger partial charge < -0.3 is 20.4 Å². The number of rotatable bonds is 9. The van der Waals surface area contributed by atoms with Gasteiger partial charge in [-0.3, -0.25) is 9.59 Å². The highest BCUT2D eigenvalue weighted by atomic mass is 32.2. The van der Waals surface area contributed by atoms with Gasteiger partial charge in [-0.1, -0.05) is 23.9 Å². The lowest BCUT2D eigenvalue weighted by atomic mass is 10.1. The molecule has 0 spiro atoms. The molecule has 1 aromatic carbocycles. The van der Waals surface area contributed by atoms with Crippen molar-refractivity contribution in [1.29, 1.82) is 0 Å². The van der Waals surface area contributed by atoms with Crippen molar-refractivity contribution in [2.24, 2.45) is 5.73 Å². The zero-order valence-electron chi connectivity index (χ0n) is 15.1. The van der Waals surface area contributed by atoms with E-state index < -0.39 is 5.91 Å². The summed E-state index contributed by atoms with van der Waals surface area (Å²) in [4.78, 5) is 23.3. The second kappa shape index (κ2) is 9.23. The molecule has 0 aliphatic heterocycles. The maximum absolute atomic E-state index is 12.3. The summed E-state index contributed by atoms with van der Waals surface area (Å²) in [6, 6.07) is 7.05. The summed E-state index contributed by atoms with van der Waals surface area (Å²) in [7, 11) is 1.60. The summed E-state index contributed by atoms with van der Waals surface area (Å²) < 4.78 is 6.98. The molecule has 0 aliphatic carbocycles. The fraction of sp³-hybridized carbons (Fsp3) is 0.412. The first-order valence-electron chi connectivity index (χ1n) is 8.21. The molecular weight excluding hydrogens is 354 g/mol. The predicted octanol–water partition coefficient (Wildman–Crippen LogP) is 1.30. The van der Waals surface area contributed by atoms with E-state index in [0.29, 0.717) is 17.5 Å². The maximum atomic E-state index is 12.3. The van der Waals surface area contributed by atoms with Crippen LogP contribution in [0.2, 0.25) is 0 Å². The Morgan fingerprint density at radius 1 is 1.31 bits per heavy atom. The number of nitrogens with one attached hydrogen (secondary N) is 1. The van der Waals surface area contributed by atoms with Gasteiger partial charge in [-0.15, -0.1) is 10.2 Å². The number of primary amides is 1. The number of benzene rings is 1. The third-order valence-corrected chi connectivity index (χ3v) is 4.68. The number of amides is 2. The zero-order chi connectivity index (χ0) is 19.1. The molecule has 1 unspecified atom stereocenters. The number of hydrogen-bond acceptors (Lipinski definition) is 6. The van der Waals surface area contributed by atoms with Crippen LogP contribution in [-0.4, -0.2) is 39.4 Å². The Labute approximate surface area is 156 Å². The van der Waals surface area contributed by atoms with Crippen LogP contribution in [-0.2, 0) is 22.6 Å². The van der Waals surface area contributed by atoms with Crippen LogP contribution in [0.25, 0.3) is 0 Å². The van der Waals surface area contributed by atoms with Crippen molar-refractivity contribution >= 4 is 23.6 Å². The van der Waals surface area contributed by atoms with E-state index in [2.05, 4.69) is 15.5 Å². The van der Waals surface area contributed by atoms with Crippen LogP contribution in [0, 0.1) is 0 Å². The van der Waals surface area contributed by atoms with Crippen molar-refractivity contribution in [3.63, 3.8) is 0 Å². The monoisotopic (exact) mass is 377 g/mol. The quantitative estimate of drug-likeness (QED) is 0.637. The van der Waals surface area contributed by atoms with Crippen molar-refractivity contribution < 1.29 is 14.3 Å². The lowest BCUT2D eigenvalue weighted by Gasteiger charge is -2.15. The molecule has 0 radical (unpaired) electrons. The third kappa shape index (κ3) is 5.22. The van der Waals surface area contributed by atoms with E-state index in [0.717, 1.165) is 11.3 Å². The highest BCUT2D eigenvalue weighted by Crippen LogP contribution is 2.20. The van der Waals surface area contributed by atoms with Crippen LogP contribution in [0.5, 0.6) is 5.75 Å². The molecule has 0 fully saturated rings. The smallest absolute Gasteiger partial charge is 0.227 e. The lowest BCUT2D eigenvalue weighted by Crippen LogP contribution is -2.30. The van der Waals surface area contributed by atoms with Crippen LogP contribution >= 0.6 is 11.8 Å². The fourth-order valence-corrected chi connectivity index (χ4v) is 3.19. The number of carbonyl (C=O) groups is 2. The Hall–Kier alpha value is -2.55. The molecule has 9 heteroatoms. The Morgan fingerprint density at radius 2 is 2.00 bits per heavy atom. The summed E-state index contributed by atoms with van der Waals surface area (Å²) in [6.45, 7) is 4.43. The number of ether oxygens (including phenoxy) is 1. The summed E-state index contributed by atoms with van der Waals surface area (Å²) in [5, 5.41) is 11.8. The standard InChI is InChI=1S/C17H23N5O3S/c1-4-22-16(20-21-17(22)26-10-14(18)23)11(2)19-15(24)9-12-5-7-13(25-3)8-6-12/h5-8,11H,4,9-10H2,1-3H3,(H2,18,23)(H,19,24). The van der Waals surface area contributed by atoms with Gasteiger partial charge in [0.05, 0.1) is 25.3 Å². The first-order chi connectivity index (χ1) is 12.4. The lowest BCUT2D eigenvalue weighted by molar-refractivity contribution is -0.121. The molecule has 0 saturated carbocycles. The zero-order valence-corrected chi connectivity index (χ0v) is 15.9. The minimum atomic E-state index is -0.414. The predicted molar refractivity (Wildman–Crippen MR) is 98.9 cm³/mol. The summed E-state index contributed by atoms with van der Waals surface area (Å²) in [5.74, 6) is 1.00. The second-order valence-electron chi connectivity index (χ2n) is 5.65. The number of aromatic nitrogens is 3. The topological polar surface area (TPSA) is 112 Å². The second-order valence-corrected chi connectivity index (χ2v) is 6.60. The largest absolute Gasteiger partial charge is 0.497 e. The number of hydrogen-bond donors (Lipinski definition) is 2. The van der Waals surface area contributed by atoms with Gasteiger partial charge in [0.25, 0.3) is 0 Å². The Kier molecular flexibility index (Phi) is 7.02. The van der Waals surface area contributed by atoms with Gasteiger partial charge >= 0.3 is 0 Å². The van der Waals surface area contributed by atoms with Gasteiger partial charge in [-0.05, 0) is 31.5 Å².